The van der Waals surface area contributed by atoms with Crippen LogP contribution in [0.25, 0.3) is 0 Å². The van der Waals surface area contributed by atoms with E-state index in [-0.39, 0.29) is 36.5 Å². The summed E-state index contributed by atoms with van der Waals surface area (Å²) < 4.78 is 5.52. The number of nitrogens with zero attached hydrogens (tertiary/aromatic N) is 3. The van der Waals surface area contributed by atoms with Gasteiger partial charge in [-0.25, -0.2) is 0 Å². The highest BCUT2D eigenvalue weighted by molar-refractivity contribution is 14.0. The molecule has 1 amide bonds. The Balaban J connectivity index is 0.00000289. The summed E-state index contributed by atoms with van der Waals surface area (Å²) in [5, 5.41) is 7.03. The smallest absolute Gasteiger partial charge is 0.265 e. The van der Waals surface area contributed by atoms with Crippen LogP contribution in [0.4, 0.5) is 5.69 Å². The fourth-order valence-electron chi connectivity index (χ4n) is 5.01. The fourth-order valence-corrected chi connectivity index (χ4v) is 5.01. The molecular weight excluding hydrogens is 517 g/mol. The topological polar surface area (TPSA) is 69.2 Å². The quantitative estimate of drug-likeness (QED) is 0.234. The molecule has 2 fully saturated rings. The van der Waals surface area contributed by atoms with E-state index in [1.165, 1.54) is 51.6 Å². The first-order chi connectivity index (χ1) is 15.2. The number of nitrogens with one attached hydrogen (secondary N) is 2. The first kappa shape index (κ1) is 25.1. The second-order valence-corrected chi connectivity index (χ2v) is 8.81. The summed E-state index contributed by atoms with van der Waals surface area (Å²) in [6.45, 7) is 6.79. The van der Waals surface area contributed by atoms with E-state index in [4.69, 9.17) is 9.73 Å². The fraction of sp³-hybridized carbons (Fsp3) is 0.667. The monoisotopic (exact) mass is 555 g/mol. The lowest BCUT2D eigenvalue weighted by Crippen LogP contribution is -2.50. The van der Waals surface area contributed by atoms with Gasteiger partial charge in [-0.3, -0.25) is 9.79 Å². The number of aliphatic imine (C=N–C) groups is 1. The summed E-state index contributed by atoms with van der Waals surface area (Å²) in [7, 11) is 0. The molecule has 0 spiro atoms. The largest absolute Gasteiger partial charge is 0.482 e. The van der Waals surface area contributed by atoms with Crippen LogP contribution in [0.2, 0.25) is 0 Å². The Morgan fingerprint density at radius 2 is 1.91 bits per heavy atom. The van der Waals surface area contributed by atoms with Crippen molar-refractivity contribution >= 4 is 41.5 Å². The number of piperidine rings is 1. The molecule has 32 heavy (non-hydrogen) atoms. The van der Waals surface area contributed by atoms with E-state index in [0.29, 0.717) is 19.1 Å². The predicted octanol–water partition coefficient (Wildman–Crippen LogP) is 3.38. The standard InChI is InChI=1S/C24H37N5O2.HI/c1-2-25-24(27-19-12-16-28(17-13-19)20-8-3-4-9-20)26-14-7-15-29-21-10-5-6-11-22(21)31-18-23(29)30;/h5-6,10-11,19-20H,2-4,7-9,12-18H2,1H3,(H2,25,26,27);1H. The third-order valence-electron chi connectivity index (χ3n) is 6.67. The van der Waals surface area contributed by atoms with Gasteiger partial charge in [-0.05, 0) is 51.2 Å². The third-order valence-corrected chi connectivity index (χ3v) is 6.67. The average Bonchev–Trinajstić information content (AvgIpc) is 3.33. The van der Waals surface area contributed by atoms with E-state index < -0.39 is 0 Å². The Labute approximate surface area is 209 Å². The Morgan fingerprint density at radius 1 is 1.16 bits per heavy atom. The van der Waals surface area contributed by atoms with Crippen molar-refractivity contribution in [1.82, 2.24) is 15.5 Å². The molecule has 0 unspecified atom stereocenters. The van der Waals surface area contributed by atoms with E-state index >= 15 is 0 Å². The van der Waals surface area contributed by atoms with Gasteiger partial charge in [0.2, 0.25) is 0 Å². The van der Waals surface area contributed by atoms with Gasteiger partial charge in [-0.1, -0.05) is 25.0 Å². The maximum absolute atomic E-state index is 12.3. The number of guanidine groups is 1. The molecule has 2 N–H and O–H groups in total. The maximum Gasteiger partial charge on any atom is 0.265 e. The highest BCUT2D eigenvalue weighted by Gasteiger charge is 2.27. The van der Waals surface area contributed by atoms with Crippen molar-refractivity contribution in [2.75, 3.05) is 44.2 Å². The van der Waals surface area contributed by atoms with E-state index in [0.717, 1.165) is 36.4 Å². The van der Waals surface area contributed by atoms with Gasteiger partial charge < -0.3 is 25.2 Å². The summed E-state index contributed by atoms with van der Waals surface area (Å²) in [6, 6.07) is 9.05. The van der Waals surface area contributed by atoms with E-state index in [2.05, 4.69) is 22.5 Å². The minimum Gasteiger partial charge on any atom is -0.482 e. The first-order valence-corrected chi connectivity index (χ1v) is 12.1. The maximum atomic E-state index is 12.3. The summed E-state index contributed by atoms with van der Waals surface area (Å²) in [5.41, 5.74) is 0.863. The van der Waals surface area contributed by atoms with E-state index in [1.807, 2.05) is 29.2 Å². The number of carbonyl (C=O) groups is 1. The van der Waals surface area contributed by atoms with Gasteiger partial charge in [0.15, 0.2) is 12.6 Å². The molecule has 1 saturated carbocycles. The second kappa shape index (κ2) is 12.6. The van der Waals surface area contributed by atoms with Gasteiger partial charge in [0.05, 0.1) is 5.69 Å². The number of ether oxygens (including phenoxy) is 1. The Bertz CT molecular complexity index is 761. The molecule has 0 aromatic heterocycles. The minimum atomic E-state index is 0. The Morgan fingerprint density at radius 3 is 2.66 bits per heavy atom. The average molecular weight is 556 g/mol. The van der Waals surface area contributed by atoms with Crippen LogP contribution in [-0.4, -0.2) is 68.2 Å². The number of fused-ring (bicyclic) bond motifs is 1. The van der Waals surface area contributed by atoms with Crippen molar-refractivity contribution < 1.29 is 9.53 Å². The molecule has 1 saturated heterocycles. The van der Waals surface area contributed by atoms with E-state index in [1.54, 1.807) is 0 Å². The molecule has 1 aromatic rings. The van der Waals surface area contributed by atoms with Gasteiger partial charge in [0.25, 0.3) is 5.91 Å². The summed E-state index contributed by atoms with van der Waals surface area (Å²) in [4.78, 5) is 21.6. The number of halogens is 1. The predicted molar refractivity (Wildman–Crippen MR) is 140 cm³/mol. The number of hydrogen-bond donors (Lipinski definition) is 2. The number of likely N-dealkylation sites (tertiary alicyclic amines) is 1. The second-order valence-electron chi connectivity index (χ2n) is 8.81. The Kier molecular flexibility index (Phi) is 9.90. The van der Waals surface area contributed by atoms with Crippen molar-refractivity contribution in [3.05, 3.63) is 24.3 Å². The summed E-state index contributed by atoms with van der Waals surface area (Å²) in [6.07, 6.45) is 8.76. The van der Waals surface area contributed by atoms with Gasteiger partial charge in [0, 0.05) is 44.8 Å². The van der Waals surface area contributed by atoms with Gasteiger partial charge >= 0.3 is 0 Å². The lowest BCUT2D eigenvalue weighted by Gasteiger charge is -2.36. The van der Waals surface area contributed by atoms with Crippen LogP contribution in [0.1, 0.15) is 51.9 Å². The number of benzene rings is 1. The van der Waals surface area contributed by atoms with Crippen LogP contribution in [0.5, 0.6) is 5.75 Å². The molecule has 7 nitrogen and oxygen atoms in total. The van der Waals surface area contributed by atoms with Crippen molar-refractivity contribution in [2.24, 2.45) is 4.99 Å². The molecule has 0 bridgehead atoms. The van der Waals surface area contributed by atoms with Crippen molar-refractivity contribution in [3.8, 4) is 5.75 Å². The van der Waals surface area contributed by atoms with Crippen LogP contribution in [0.3, 0.4) is 0 Å². The zero-order chi connectivity index (χ0) is 21.5. The normalized spacial score (nSPS) is 20.5. The molecule has 1 aromatic carbocycles. The third kappa shape index (κ3) is 6.50. The Hall–Kier alpha value is -1.55. The van der Waals surface area contributed by atoms with Gasteiger partial charge in [-0.2, -0.15) is 0 Å². The molecule has 4 rings (SSSR count). The molecular formula is C24H38IN5O2. The highest BCUT2D eigenvalue weighted by atomic mass is 127. The number of hydrogen-bond acceptors (Lipinski definition) is 4. The van der Waals surface area contributed by atoms with Crippen molar-refractivity contribution in [2.45, 2.75) is 64.0 Å². The van der Waals surface area contributed by atoms with Crippen LogP contribution in [0.15, 0.2) is 29.3 Å². The van der Waals surface area contributed by atoms with E-state index in [9.17, 15) is 4.79 Å². The number of rotatable bonds is 7. The minimum absolute atomic E-state index is 0. The lowest BCUT2D eigenvalue weighted by molar-refractivity contribution is -0.121. The first-order valence-electron chi connectivity index (χ1n) is 12.1. The number of para-hydroxylation sites is 2. The van der Waals surface area contributed by atoms with Crippen molar-refractivity contribution in [3.63, 3.8) is 0 Å². The van der Waals surface area contributed by atoms with Crippen LogP contribution >= 0.6 is 24.0 Å². The zero-order valence-electron chi connectivity index (χ0n) is 19.2. The van der Waals surface area contributed by atoms with Crippen molar-refractivity contribution in [1.29, 1.82) is 0 Å². The molecule has 2 aliphatic heterocycles. The highest BCUT2D eigenvalue weighted by Crippen LogP contribution is 2.31. The summed E-state index contributed by atoms with van der Waals surface area (Å²) >= 11 is 0. The molecule has 2 heterocycles. The number of amides is 1. The molecule has 1 aliphatic carbocycles. The zero-order valence-corrected chi connectivity index (χ0v) is 21.6. The lowest BCUT2D eigenvalue weighted by atomic mass is 10.0. The van der Waals surface area contributed by atoms with Gasteiger partial charge in [-0.15, -0.1) is 24.0 Å². The van der Waals surface area contributed by atoms with Crippen LogP contribution < -0.4 is 20.3 Å². The molecule has 8 heteroatoms. The van der Waals surface area contributed by atoms with Gasteiger partial charge in [0.1, 0.15) is 5.75 Å². The molecule has 0 radical (unpaired) electrons. The number of carbonyl (C=O) groups excluding carboxylic acids is 1. The summed E-state index contributed by atoms with van der Waals surface area (Å²) in [5.74, 6) is 1.70. The molecule has 178 valence electrons. The SMILES string of the molecule is CCNC(=NCCCN1C(=O)COc2ccccc21)NC1CCN(C2CCCC2)CC1.I. The van der Waals surface area contributed by atoms with Crippen LogP contribution in [0, 0.1) is 0 Å². The molecule has 3 aliphatic rings. The molecule has 0 atom stereocenters. The van der Waals surface area contributed by atoms with Crippen LogP contribution in [-0.2, 0) is 4.79 Å². The number of anilines is 1.